The van der Waals surface area contributed by atoms with Gasteiger partial charge in [0.1, 0.15) is 0 Å². The minimum absolute atomic E-state index is 0.0750. The normalized spacial score (nSPS) is 17.9. The number of piperazine rings is 1. The van der Waals surface area contributed by atoms with Gasteiger partial charge in [0.2, 0.25) is 0 Å². The molecule has 0 bridgehead atoms. The van der Waals surface area contributed by atoms with Crippen molar-refractivity contribution in [3.8, 4) is 0 Å². The van der Waals surface area contributed by atoms with Gasteiger partial charge >= 0.3 is 6.09 Å². The first-order chi connectivity index (χ1) is 13.6. The Morgan fingerprint density at radius 2 is 1.50 bits per heavy atom. The number of nitrogens with zero attached hydrogens (tertiary/aromatic N) is 2. The molecule has 0 aromatic heterocycles. The lowest BCUT2D eigenvalue weighted by molar-refractivity contribution is 0.0570. The fraction of sp³-hybridized carbons (Fsp3) is 0.571. The van der Waals surface area contributed by atoms with Gasteiger partial charge in [-0.15, -0.1) is 0 Å². The molecule has 28 heavy (non-hydrogen) atoms. The Morgan fingerprint density at radius 3 is 2.11 bits per heavy atom. The Balaban J connectivity index is 1.52. The molecule has 2 fully saturated rings. The van der Waals surface area contributed by atoms with Crippen LogP contribution in [0.25, 0.3) is 0 Å². The first-order valence-electron chi connectivity index (χ1n) is 10.2. The Labute approximate surface area is 166 Å². The van der Waals surface area contributed by atoms with Crippen molar-refractivity contribution in [1.29, 1.82) is 0 Å². The van der Waals surface area contributed by atoms with Gasteiger partial charge in [-0.1, -0.05) is 19.3 Å². The van der Waals surface area contributed by atoms with E-state index < -0.39 is 0 Å². The minimum Gasteiger partial charge on any atom is -0.450 e. The third-order valence-electron chi connectivity index (χ3n) is 5.43. The van der Waals surface area contributed by atoms with Crippen molar-refractivity contribution in [2.75, 3.05) is 32.8 Å². The van der Waals surface area contributed by atoms with E-state index in [1.165, 1.54) is 19.3 Å². The molecule has 1 aliphatic carbocycles. The molecule has 7 nitrogen and oxygen atoms in total. The van der Waals surface area contributed by atoms with Crippen molar-refractivity contribution in [3.05, 3.63) is 35.4 Å². The maximum atomic E-state index is 12.7. The third-order valence-corrected chi connectivity index (χ3v) is 5.43. The van der Waals surface area contributed by atoms with Gasteiger partial charge in [-0.05, 0) is 44.0 Å². The summed E-state index contributed by atoms with van der Waals surface area (Å²) in [5, 5.41) is 3.09. The predicted molar refractivity (Wildman–Crippen MR) is 105 cm³/mol. The summed E-state index contributed by atoms with van der Waals surface area (Å²) in [5.41, 5.74) is 1.13. The maximum Gasteiger partial charge on any atom is 0.409 e. The maximum absolute atomic E-state index is 12.7. The zero-order valence-electron chi connectivity index (χ0n) is 16.5. The second-order valence-corrected chi connectivity index (χ2v) is 7.36. The highest BCUT2D eigenvalue weighted by atomic mass is 16.6. The SMILES string of the molecule is CCOC(=O)N1CCN(C(=O)c2ccc(C(=O)NC3CCCCC3)cc2)CC1. The van der Waals surface area contributed by atoms with Crippen molar-refractivity contribution in [1.82, 2.24) is 15.1 Å². The Morgan fingerprint density at radius 1 is 0.929 bits per heavy atom. The quantitative estimate of drug-likeness (QED) is 0.861. The molecule has 0 spiro atoms. The summed E-state index contributed by atoms with van der Waals surface area (Å²) in [6.45, 7) is 4.00. The van der Waals surface area contributed by atoms with Crippen LogP contribution in [0.1, 0.15) is 59.7 Å². The molecular weight excluding hydrogens is 358 g/mol. The highest BCUT2D eigenvalue weighted by Crippen LogP contribution is 2.18. The van der Waals surface area contributed by atoms with Gasteiger partial charge in [0, 0.05) is 43.3 Å². The van der Waals surface area contributed by atoms with E-state index >= 15 is 0 Å². The van der Waals surface area contributed by atoms with E-state index in [0.717, 1.165) is 12.8 Å². The predicted octanol–water partition coefficient (Wildman–Crippen LogP) is 2.66. The second-order valence-electron chi connectivity index (χ2n) is 7.36. The molecule has 152 valence electrons. The number of carbonyl (C=O) groups excluding carboxylic acids is 3. The molecule has 0 atom stereocenters. The van der Waals surface area contributed by atoms with Crippen LogP contribution in [0.15, 0.2) is 24.3 Å². The lowest BCUT2D eigenvalue weighted by Gasteiger charge is -2.34. The average molecular weight is 387 g/mol. The van der Waals surface area contributed by atoms with Crippen molar-refractivity contribution >= 4 is 17.9 Å². The highest BCUT2D eigenvalue weighted by Gasteiger charge is 2.25. The van der Waals surface area contributed by atoms with E-state index in [0.29, 0.717) is 43.9 Å². The van der Waals surface area contributed by atoms with Crippen LogP contribution in [0.5, 0.6) is 0 Å². The molecule has 1 aromatic carbocycles. The molecule has 1 saturated carbocycles. The van der Waals surface area contributed by atoms with E-state index in [2.05, 4.69) is 5.32 Å². The van der Waals surface area contributed by atoms with E-state index in [-0.39, 0.29) is 23.9 Å². The van der Waals surface area contributed by atoms with Gasteiger partial charge in [-0.25, -0.2) is 4.79 Å². The van der Waals surface area contributed by atoms with E-state index in [9.17, 15) is 14.4 Å². The summed E-state index contributed by atoms with van der Waals surface area (Å²) in [7, 11) is 0. The van der Waals surface area contributed by atoms with Crippen LogP contribution in [-0.2, 0) is 4.74 Å². The molecule has 3 amide bonds. The third kappa shape index (κ3) is 5.03. The summed E-state index contributed by atoms with van der Waals surface area (Å²) in [6.07, 6.45) is 5.34. The van der Waals surface area contributed by atoms with Gasteiger partial charge in [0.05, 0.1) is 6.61 Å². The van der Waals surface area contributed by atoms with Crippen molar-refractivity contribution in [2.24, 2.45) is 0 Å². The minimum atomic E-state index is -0.331. The zero-order valence-corrected chi connectivity index (χ0v) is 16.5. The van der Waals surface area contributed by atoms with Gasteiger partial charge in [0.15, 0.2) is 0 Å². The Bertz CT molecular complexity index is 690. The highest BCUT2D eigenvalue weighted by molar-refractivity contribution is 5.98. The number of hydrogen-bond acceptors (Lipinski definition) is 4. The molecule has 1 aliphatic heterocycles. The van der Waals surface area contributed by atoms with Crippen molar-refractivity contribution < 1.29 is 19.1 Å². The Kier molecular flexibility index (Phi) is 6.90. The second kappa shape index (κ2) is 9.57. The number of hydrogen-bond donors (Lipinski definition) is 1. The van der Waals surface area contributed by atoms with Crippen LogP contribution in [-0.4, -0.2) is 66.5 Å². The largest absolute Gasteiger partial charge is 0.450 e. The number of nitrogens with one attached hydrogen (secondary N) is 1. The first kappa shape index (κ1) is 20.2. The monoisotopic (exact) mass is 387 g/mol. The smallest absolute Gasteiger partial charge is 0.409 e. The lowest BCUT2D eigenvalue weighted by Crippen LogP contribution is -2.50. The molecule has 0 unspecified atom stereocenters. The van der Waals surface area contributed by atoms with Crippen LogP contribution in [0.2, 0.25) is 0 Å². The van der Waals surface area contributed by atoms with Crippen LogP contribution in [0.3, 0.4) is 0 Å². The average Bonchev–Trinajstić information content (AvgIpc) is 2.74. The van der Waals surface area contributed by atoms with Gasteiger partial charge in [0.25, 0.3) is 11.8 Å². The van der Waals surface area contributed by atoms with Gasteiger partial charge in [-0.3, -0.25) is 9.59 Å². The van der Waals surface area contributed by atoms with Crippen LogP contribution < -0.4 is 5.32 Å². The van der Waals surface area contributed by atoms with E-state index in [4.69, 9.17) is 4.74 Å². The van der Waals surface area contributed by atoms with Crippen LogP contribution in [0.4, 0.5) is 4.79 Å². The van der Waals surface area contributed by atoms with Crippen molar-refractivity contribution in [3.63, 3.8) is 0 Å². The molecule has 1 aromatic rings. The molecule has 1 N–H and O–H groups in total. The molecule has 1 saturated heterocycles. The summed E-state index contributed by atoms with van der Waals surface area (Å²) in [4.78, 5) is 40.2. The van der Waals surface area contributed by atoms with E-state index in [1.807, 2.05) is 0 Å². The van der Waals surface area contributed by atoms with Crippen LogP contribution >= 0.6 is 0 Å². The number of amides is 3. The molecular formula is C21H29N3O4. The summed E-state index contributed by atoms with van der Waals surface area (Å²) in [5.74, 6) is -0.156. The topological polar surface area (TPSA) is 79.0 Å². The summed E-state index contributed by atoms with van der Waals surface area (Å²) in [6, 6.07) is 7.09. The lowest BCUT2D eigenvalue weighted by atomic mass is 9.95. The standard InChI is InChI=1S/C21H29N3O4/c1-2-28-21(27)24-14-12-23(13-15-24)20(26)17-10-8-16(9-11-17)19(25)22-18-6-4-3-5-7-18/h8-11,18H,2-7,12-15H2,1H3,(H,22,25). The van der Waals surface area contributed by atoms with Crippen molar-refractivity contribution in [2.45, 2.75) is 45.1 Å². The zero-order chi connectivity index (χ0) is 19.9. The van der Waals surface area contributed by atoms with Gasteiger partial charge < -0.3 is 19.9 Å². The first-order valence-corrected chi connectivity index (χ1v) is 10.2. The fourth-order valence-corrected chi connectivity index (χ4v) is 3.77. The molecule has 7 heteroatoms. The van der Waals surface area contributed by atoms with Crippen LogP contribution in [0, 0.1) is 0 Å². The Hall–Kier alpha value is -2.57. The van der Waals surface area contributed by atoms with E-state index in [1.54, 1.807) is 41.0 Å². The number of ether oxygens (including phenoxy) is 1. The fourth-order valence-electron chi connectivity index (χ4n) is 3.77. The molecule has 1 heterocycles. The summed E-state index contributed by atoms with van der Waals surface area (Å²) < 4.78 is 5.00. The molecule has 3 rings (SSSR count). The number of rotatable bonds is 4. The number of carbonyl (C=O) groups is 3. The van der Waals surface area contributed by atoms with Gasteiger partial charge in [-0.2, -0.15) is 0 Å². The molecule has 0 radical (unpaired) electrons. The summed E-state index contributed by atoms with van der Waals surface area (Å²) >= 11 is 0. The number of benzene rings is 1. The molecule has 2 aliphatic rings.